The molecule has 2 heterocycles. The fourth-order valence-electron chi connectivity index (χ4n) is 2.54. The number of esters is 1. The van der Waals surface area contributed by atoms with Gasteiger partial charge in [-0.1, -0.05) is 0 Å². The summed E-state index contributed by atoms with van der Waals surface area (Å²) in [6, 6.07) is 2.47. The molecule has 0 saturated carbocycles. The van der Waals surface area contributed by atoms with Crippen LogP contribution < -0.4 is 11.1 Å². The molecule has 0 fully saturated rings. The van der Waals surface area contributed by atoms with Crippen LogP contribution in [0.3, 0.4) is 0 Å². The van der Waals surface area contributed by atoms with Gasteiger partial charge in [0.15, 0.2) is 0 Å². The fraction of sp³-hybridized carbons (Fsp3) is 0.200. The largest absolute Gasteiger partial charge is 0.465 e. The van der Waals surface area contributed by atoms with E-state index < -0.39 is 28.6 Å². The average molecular weight is 359 g/mol. The lowest BCUT2D eigenvalue weighted by molar-refractivity contribution is -0.384. The molecule has 3 aromatic rings. The average Bonchev–Trinajstić information content (AvgIpc) is 3.12. The lowest BCUT2D eigenvalue weighted by atomic mass is 10.2. The molecular formula is C15H13N5O6. The fourth-order valence-corrected chi connectivity index (χ4v) is 2.54. The summed E-state index contributed by atoms with van der Waals surface area (Å²) < 4.78 is 7.14. The van der Waals surface area contributed by atoms with Crippen LogP contribution in [0.1, 0.15) is 6.92 Å². The van der Waals surface area contributed by atoms with Crippen LogP contribution in [0.2, 0.25) is 0 Å². The monoisotopic (exact) mass is 359 g/mol. The molecule has 1 aromatic carbocycles. The third-order valence-electron chi connectivity index (χ3n) is 3.64. The number of carbonyl (C=O) groups is 1. The maximum Gasteiger partial charge on any atom is 0.326 e. The minimum atomic E-state index is -0.994. The van der Waals surface area contributed by atoms with Crippen LogP contribution in [0.5, 0.6) is 0 Å². The summed E-state index contributed by atoms with van der Waals surface area (Å²) in [6.45, 7) is 1.23. The first-order valence-electron chi connectivity index (χ1n) is 7.51. The maximum absolute atomic E-state index is 12.2. The van der Waals surface area contributed by atoms with E-state index >= 15 is 0 Å². The van der Waals surface area contributed by atoms with Crippen LogP contribution in [-0.2, 0) is 16.1 Å². The first-order chi connectivity index (χ1) is 12.4. The Morgan fingerprint density at radius 1 is 1.38 bits per heavy atom. The van der Waals surface area contributed by atoms with Gasteiger partial charge in [-0.05, 0) is 13.0 Å². The normalized spacial score (nSPS) is 10.8. The molecule has 11 nitrogen and oxygen atoms in total. The number of carbonyl (C=O) groups excluding carboxylic acids is 1. The number of imidazole rings is 1. The lowest BCUT2D eigenvalue weighted by Gasteiger charge is -2.11. The summed E-state index contributed by atoms with van der Waals surface area (Å²) in [5, 5.41) is 11.4. The molecule has 11 heteroatoms. The van der Waals surface area contributed by atoms with Gasteiger partial charge >= 0.3 is 17.1 Å². The van der Waals surface area contributed by atoms with Crippen molar-refractivity contribution in [3.8, 4) is 5.69 Å². The van der Waals surface area contributed by atoms with Gasteiger partial charge in [-0.2, -0.15) is 0 Å². The summed E-state index contributed by atoms with van der Waals surface area (Å²) in [7, 11) is 0. The predicted molar refractivity (Wildman–Crippen MR) is 89.2 cm³/mol. The zero-order valence-corrected chi connectivity index (χ0v) is 13.5. The number of rotatable bonds is 5. The summed E-state index contributed by atoms with van der Waals surface area (Å²) in [5.41, 5.74) is -1.93. The Morgan fingerprint density at radius 2 is 2.15 bits per heavy atom. The van der Waals surface area contributed by atoms with Crippen LogP contribution >= 0.6 is 0 Å². The van der Waals surface area contributed by atoms with Gasteiger partial charge in [-0.25, -0.2) is 4.98 Å². The minimum absolute atomic E-state index is 0.0504. The van der Waals surface area contributed by atoms with E-state index in [4.69, 9.17) is 4.74 Å². The Morgan fingerprint density at radius 3 is 2.77 bits per heavy atom. The van der Waals surface area contributed by atoms with Gasteiger partial charge in [0.2, 0.25) is 0 Å². The number of ether oxygens (including phenoxy) is 1. The summed E-state index contributed by atoms with van der Waals surface area (Å²) in [6.07, 6.45) is 4.29. The van der Waals surface area contributed by atoms with E-state index in [2.05, 4.69) is 9.97 Å². The molecule has 0 bridgehead atoms. The molecule has 2 aromatic heterocycles. The Labute approximate surface area is 144 Å². The van der Waals surface area contributed by atoms with Crippen molar-refractivity contribution >= 4 is 22.7 Å². The lowest BCUT2D eigenvalue weighted by Crippen LogP contribution is -2.38. The molecular weight excluding hydrogens is 346 g/mol. The van der Waals surface area contributed by atoms with Crippen molar-refractivity contribution in [2.75, 3.05) is 6.61 Å². The van der Waals surface area contributed by atoms with Crippen molar-refractivity contribution in [2.24, 2.45) is 0 Å². The van der Waals surface area contributed by atoms with Crippen molar-refractivity contribution in [1.29, 1.82) is 0 Å². The standard InChI is InChI=1S/C15H13N5O6/c1-2-26-13(21)7-19-10-6-11(18-4-3-16-8-18)12(20(24)25)5-9(10)17-14(22)15(19)23/h3-6,8H,2,7H2,1H3,(H,17,22). The first kappa shape index (κ1) is 17.1. The molecule has 0 spiro atoms. The molecule has 1 N–H and O–H groups in total. The molecule has 0 unspecified atom stereocenters. The van der Waals surface area contributed by atoms with E-state index in [0.29, 0.717) is 0 Å². The van der Waals surface area contributed by atoms with Gasteiger partial charge in [0, 0.05) is 18.5 Å². The predicted octanol–water partition coefficient (Wildman–Crippen LogP) is 0.347. The Balaban J connectivity index is 2.33. The van der Waals surface area contributed by atoms with Gasteiger partial charge in [0.25, 0.3) is 5.69 Å². The third kappa shape index (κ3) is 2.97. The number of hydrogen-bond donors (Lipinski definition) is 1. The first-order valence-corrected chi connectivity index (χ1v) is 7.51. The SMILES string of the molecule is CCOC(=O)Cn1c(=O)c(=O)[nH]c2cc([N+](=O)[O-])c(-n3ccnc3)cc21. The zero-order chi connectivity index (χ0) is 18.8. The summed E-state index contributed by atoms with van der Waals surface area (Å²) in [5.74, 6) is -0.705. The van der Waals surface area contributed by atoms with Gasteiger partial charge < -0.3 is 14.3 Å². The Bertz CT molecular complexity index is 1110. The van der Waals surface area contributed by atoms with E-state index in [1.807, 2.05) is 0 Å². The highest BCUT2D eigenvalue weighted by atomic mass is 16.6. The second kappa shape index (κ2) is 6.63. The summed E-state index contributed by atoms with van der Waals surface area (Å²) >= 11 is 0. The topological polar surface area (TPSA) is 142 Å². The molecule has 0 saturated heterocycles. The number of nitrogens with zero attached hydrogens (tertiary/aromatic N) is 4. The highest BCUT2D eigenvalue weighted by Crippen LogP contribution is 2.27. The van der Waals surface area contributed by atoms with Gasteiger partial charge in [0.05, 0.1) is 28.9 Å². The summed E-state index contributed by atoms with van der Waals surface area (Å²) in [4.78, 5) is 52.8. The molecule has 3 rings (SSSR count). The number of benzene rings is 1. The number of aromatic amines is 1. The van der Waals surface area contributed by atoms with E-state index in [-0.39, 0.29) is 29.0 Å². The number of fused-ring (bicyclic) bond motifs is 1. The van der Waals surface area contributed by atoms with E-state index in [0.717, 1.165) is 10.6 Å². The molecule has 0 aliphatic heterocycles. The van der Waals surface area contributed by atoms with Crippen molar-refractivity contribution in [2.45, 2.75) is 13.5 Å². The maximum atomic E-state index is 12.2. The number of nitro benzene ring substituents is 1. The third-order valence-corrected chi connectivity index (χ3v) is 3.64. The second-order valence-electron chi connectivity index (χ2n) is 5.24. The highest BCUT2D eigenvalue weighted by Gasteiger charge is 2.20. The molecule has 0 radical (unpaired) electrons. The number of H-pyrrole nitrogens is 1. The van der Waals surface area contributed by atoms with E-state index in [1.54, 1.807) is 6.92 Å². The molecule has 26 heavy (non-hydrogen) atoms. The number of aromatic nitrogens is 4. The Hall–Kier alpha value is -3.76. The van der Waals surface area contributed by atoms with Gasteiger partial charge in [0.1, 0.15) is 12.2 Å². The number of nitrogens with one attached hydrogen (secondary N) is 1. The minimum Gasteiger partial charge on any atom is -0.465 e. The molecule has 0 amide bonds. The zero-order valence-electron chi connectivity index (χ0n) is 13.5. The smallest absolute Gasteiger partial charge is 0.326 e. The van der Waals surface area contributed by atoms with Gasteiger partial charge in [-0.15, -0.1) is 0 Å². The highest BCUT2D eigenvalue weighted by molar-refractivity contribution is 5.83. The molecule has 0 atom stereocenters. The van der Waals surface area contributed by atoms with Crippen LogP contribution in [-0.4, -0.2) is 36.6 Å². The van der Waals surface area contributed by atoms with E-state index in [1.165, 1.54) is 29.4 Å². The quantitative estimate of drug-likeness (QED) is 0.300. The Kier molecular flexibility index (Phi) is 4.35. The number of hydrogen-bond acceptors (Lipinski definition) is 7. The van der Waals surface area contributed by atoms with E-state index in [9.17, 15) is 24.5 Å². The van der Waals surface area contributed by atoms with Crippen molar-refractivity contribution in [1.82, 2.24) is 19.1 Å². The van der Waals surface area contributed by atoms with Gasteiger partial charge in [-0.3, -0.25) is 29.1 Å². The van der Waals surface area contributed by atoms with Crippen molar-refractivity contribution in [3.05, 3.63) is 61.7 Å². The molecule has 134 valence electrons. The second-order valence-corrected chi connectivity index (χ2v) is 5.24. The van der Waals surface area contributed by atoms with Crippen LogP contribution in [0.15, 0.2) is 40.4 Å². The molecule has 0 aliphatic carbocycles. The van der Waals surface area contributed by atoms with Crippen molar-refractivity contribution < 1.29 is 14.5 Å². The van der Waals surface area contributed by atoms with Crippen LogP contribution in [0.25, 0.3) is 16.7 Å². The number of nitro groups is 1. The molecule has 0 aliphatic rings. The van der Waals surface area contributed by atoms with Crippen LogP contribution in [0.4, 0.5) is 5.69 Å². The van der Waals surface area contributed by atoms with Crippen molar-refractivity contribution in [3.63, 3.8) is 0 Å². The van der Waals surface area contributed by atoms with Crippen LogP contribution in [0, 0.1) is 10.1 Å².